The Morgan fingerprint density at radius 3 is 2.91 bits per heavy atom. The number of carboxylic acids is 1. The topological polar surface area (TPSA) is 66.4 Å². The van der Waals surface area contributed by atoms with Crippen molar-refractivity contribution in [2.45, 2.75) is 19.3 Å². The van der Waals surface area contributed by atoms with Crippen molar-refractivity contribution in [3.8, 4) is 0 Å². The highest BCUT2D eigenvalue weighted by molar-refractivity contribution is 5.81. The van der Waals surface area contributed by atoms with E-state index in [9.17, 15) is 9.59 Å². The van der Waals surface area contributed by atoms with E-state index in [0.29, 0.717) is 13.0 Å². The van der Waals surface area contributed by atoms with Gasteiger partial charge in [-0.15, -0.1) is 0 Å². The molecule has 4 nitrogen and oxygen atoms in total. The van der Waals surface area contributed by atoms with E-state index in [0.717, 1.165) is 6.42 Å². The summed E-state index contributed by atoms with van der Waals surface area (Å²) in [5, 5.41) is 11.0. The van der Waals surface area contributed by atoms with Crippen LogP contribution >= 0.6 is 0 Å². The molecule has 1 amide bonds. The molecule has 2 N–H and O–H groups in total. The molecule has 0 aliphatic carbocycles. The van der Waals surface area contributed by atoms with Gasteiger partial charge in [-0.05, 0) is 12.8 Å². The Balaban J connectivity index is 2.26. The second kappa shape index (κ2) is 3.37. The van der Waals surface area contributed by atoms with Crippen molar-refractivity contribution < 1.29 is 14.7 Å². The van der Waals surface area contributed by atoms with Gasteiger partial charge in [0.25, 0.3) is 0 Å². The van der Waals surface area contributed by atoms with Gasteiger partial charge in [-0.25, -0.2) is 0 Å². The predicted molar refractivity (Wildman–Crippen MR) is 38.0 cm³/mol. The lowest BCUT2D eigenvalue weighted by atomic mass is 10.0. The van der Waals surface area contributed by atoms with Crippen LogP contribution in [0.5, 0.6) is 0 Å². The first-order chi connectivity index (χ1) is 5.20. The van der Waals surface area contributed by atoms with Crippen LogP contribution in [-0.4, -0.2) is 23.5 Å². The zero-order valence-electron chi connectivity index (χ0n) is 6.17. The van der Waals surface area contributed by atoms with Crippen molar-refractivity contribution in [2.24, 2.45) is 5.92 Å². The molecule has 1 aliphatic rings. The van der Waals surface area contributed by atoms with Gasteiger partial charge < -0.3 is 10.4 Å². The Labute approximate surface area is 64.6 Å². The number of rotatable bonds is 3. The third-order valence-electron chi connectivity index (χ3n) is 1.87. The Morgan fingerprint density at radius 2 is 2.45 bits per heavy atom. The average Bonchev–Trinajstić information content (AvgIpc) is 2.31. The number of carbonyl (C=O) groups is 2. The smallest absolute Gasteiger partial charge is 0.303 e. The Hall–Kier alpha value is -1.06. The predicted octanol–water partition coefficient (Wildman–Crippen LogP) is -0.0127. The Morgan fingerprint density at radius 1 is 1.73 bits per heavy atom. The molecule has 1 fully saturated rings. The minimum absolute atomic E-state index is 0.00579. The molecule has 0 aromatic heterocycles. The molecule has 1 heterocycles. The minimum Gasteiger partial charge on any atom is -0.481 e. The van der Waals surface area contributed by atoms with Gasteiger partial charge in [0.05, 0.1) is 0 Å². The van der Waals surface area contributed by atoms with Crippen LogP contribution in [-0.2, 0) is 9.59 Å². The molecular formula is C7H11NO3. The van der Waals surface area contributed by atoms with Crippen LogP contribution in [0.2, 0.25) is 0 Å². The first-order valence-corrected chi connectivity index (χ1v) is 3.69. The van der Waals surface area contributed by atoms with Gasteiger partial charge in [0.15, 0.2) is 0 Å². The van der Waals surface area contributed by atoms with Crippen molar-refractivity contribution in [3.05, 3.63) is 0 Å². The fourth-order valence-electron chi connectivity index (χ4n) is 1.22. The first-order valence-electron chi connectivity index (χ1n) is 3.69. The zero-order valence-corrected chi connectivity index (χ0v) is 6.17. The van der Waals surface area contributed by atoms with E-state index in [4.69, 9.17) is 5.11 Å². The first kappa shape index (κ1) is 8.04. The molecule has 1 aliphatic heterocycles. The number of aliphatic carboxylic acids is 1. The lowest BCUT2D eigenvalue weighted by Crippen LogP contribution is -2.19. The molecule has 0 unspecified atom stereocenters. The molecule has 11 heavy (non-hydrogen) atoms. The summed E-state index contributed by atoms with van der Waals surface area (Å²) in [5.41, 5.74) is 0. The third kappa shape index (κ3) is 2.22. The molecule has 0 aromatic rings. The monoisotopic (exact) mass is 157 g/mol. The lowest BCUT2D eigenvalue weighted by Gasteiger charge is -2.01. The highest BCUT2D eigenvalue weighted by Crippen LogP contribution is 2.15. The normalized spacial score (nSPS) is 23.3. The SMILES string of the molecule is O=C(O)CC[C@H]1CCNC1=O. The number of hydrogen-bond donors (Lipinski definition) is 2. The number of hydrogen-bond acceptors (Lipinski definition) is 2. The highest BCUT2D eigenvalue weighted by Gasteiger charge is 2.23. The molecule has 0 radical (unpaired) electrons. The van der Waals surface area contributed by atoms with Crippen LogP contribution < -0.4 is 5.32 Å². The zero-order chi connectivity index (χ0) is 8.27. The summed E-state index contributed by atoms with van der Waals surface area (Å²) < 4.78 is 0. The number of carbonyl (C=O) groups excluding carboxylic acids is 1. The fraction of sp³-hybridized carbons (Fsp3) is 0.714. The molecule has 62 valence electrons. The minimum atomic E-state index is -0.829. The van der Waals surface area contributed by atoms with Gasteiger partial charge in [0, 0.05) is 18.9 Å². The molecule has 1 saturated heterocycles. The summed E-state index contributed by atoms with van der Waals surface area (Å²) in [6.45, 7) is 0.698. The van der Waals surface area contributed by atoms with Crippen molar-refractivity contribution in [2.75, 3.05) is 6.54 Å². The standard InChI is InChI=1S/C7H11NO3/c9-6(10)2-1-5-3-4-8-7(5)11/h5H,1-4H2,(H,8,11)(H,9,10)/t5-/m0/s1. The van der Waals surface area contributed by atoms with Crippen LogP contribution in [0.1, 0.15) is 19.3 Å². The van der Waals surface area contributed by atoms with Gasteiger partial charge in [-0.3, -0.25) is 9.59 Å². The molecule has 0 aromatic carbocycles. The van der Waals surface area contributed by atoms with Crippen molar-refractivity contribution in [3.63, 3.8) is 0 Å². The van der Waals surface area contributed by atoms with Crippen molar-refractivity contribution in [1.82, 2.24) is 5.32 Å². The van der Waals surface area contributed by atoms with E-state index in [2.05, 4.69) is 5.32 Å². The van der Waals surface area contributed by atoms with Gasteiger partial charge >= 0.3 is 5.97 Å². The quantitative estimate of drug-likeness (QED) is 0.605. The van der Waals surface area contributed by atoms with Gasteiger partial charge in [-0.2, -0.15) is 0 Å². The molecule has 0 bridgehead atoms. The molecular weight excluding hydrogens is 146 g/mol. The maximum atomic E-state index is 10.9. The van der Waals surface area contributed by atoms with Crippen molar-refractivity contribution >= 4 is 11.9 Å². The van der Waals surface area contributed by atoms with E-state index in [1.54, 1.807) is 0 Å². The molecule has 0 spiro atoms. The van der Waals surface area contributed by atoms with E-state index < -0.39 is 5.97 Å². The summed E-state index contributed by atoms with van der Waals surface area (Å²) in [7, 11) is 0. The van der Waals surface area contributed by atoms with Crippen LogP contribution in [0.4, 0.5) is 0 Å². The number of nitrogens with one attached hydrogen (secondary N) is 1. The fourth-order valence-corrected chi connectivity index (χ4v) is 1.22. The van der Waals surface area contributed by atoms with E-state index >= 15 is 0 Å². The molecule has 0 saturated carbocycles. The average molecular weight is 157 g/mol. The summed E-state index contributed by atoms with van der Waals surface area (Å²) in [4.78, 5) is 21.0. The number of amides is 1. The Bertz CT molecular complexity index is 179. The summed E-state index contributed by atoms with van der Waals surface area (Å²) in [6.07, 6.45) is 1.35. The van der Waals surface area contributed by atoms with Crippen LogP contribution in [0.25, 0.3) is 0 Å². The van der Waals surface area contributed by atoms with Crippen LogP contribution in [0.3, 0.4) is 0 Å². The third-order valence-corrected chi connectivity index (χ3v) is 1.87. The van der Waals surface area contributed by atoms with E-state index in [-0.39, 0.29) is 18.2 Å². The van der Waals surface area contributed by atoms with Gasteiger partial charge in [0.2, 0.25) is 5.91 Å². The Kier molecular flexibility index (Phi) is 2.46. The second-order valence-electron chi connectivity index (χ2n) is 2.71. The largest absolute Gasteiger partial charge is 0.481 e. The maximum Gasteiger partial charge on any atom is 0.303 e. The van der Waals surface area contributed by atoms with Crippen LogP contribution in [0, 0.1) is 5.92 Å². The maximum absolute atomic E-state index is 10.9. The molecule has 1 rings (SSSR count). The molecule has 4 heteroatoms. The van der Waals surface area contributed by atoms with Gasteiger partial charge in [0.1, 0.15) is 0 Å². The molecule has 1 atom stereocenters. The second-order valence-corrected chi connectivity index (χ2v) is 2.71. The summed E-state index contributed by atoms with van der Waals surface area (Å²) in [5.74, 6) is -0.887. The number of carboxylic acid groups (broad SMARTS) is 1. The van der Waals surface area contributed by atoms with E-state index in [1.807, 2.05) is 0 Å². The van der Waals surface area contributed by atoms with E-state index in [1.165, 1.54) is 0 Å². The summed E-state index contributed by atoms with van der Waals surface area (Å²) >= 11 is 0. The highest BCUT2D eigenvalue weighted by atomic mass is 16.4. The van der Waals surface area contributed by atoms with Crippen molar-refractivity contribution in [1.29, 1.82) is 0 Å². The van der Waals surface area contributed by atoms with Gasteiger partial charge in [-0.1, -0.05) is 0 Å². The summed E-state index contributed by atoms with van der Waals surface area (Å²) in [6, 6.07) is 0. The van der Waals surface area contributed by atoms with Crippen LogP contribution in [0.15, 0.2) is 0 Å². The lowest BCUT2D eigenvalue weighted by molar-refractivity contribution is -0.137.